The maximum atomic E-state index is 12.7. The van der Waals surface area contributed by atoms with Crippen molar-refractivity contribution >= 4 is 11.9 Å². The van der Waals surface area contributed by atoms with Crippen molar-refractivity contribution in [2.45, 2.75) is 32.6 Å². The Morgan fingerprint density at radius 2 is 1.72 bits per heavy atom. The van der Waals surface area contributed by atoms with Crippen LogP contribution in [0.15, 0.2) is 36.4 Å². The Hall–Kier alpha value is -3.02. The van der Waals surface area contributed by atoms with Crippen LogP contribution in [0.2, 0.25) is 0 Å². The fourth-order valence-corrected chi connectivity index (χ4v) is 3.16. The van der Waals surface area contributed by atoms with Gasteiger partial charge in [0.05, 0.1) is 21.3 Å². The number of methoxy groups -OCH3 is 3. The summed E-state index contributed by atoms with van der Waals surface area (Å²) in [5, 5.41) is 2.96. The third-order valence-corrected chi connectivity index (χ3v) is 4.85. The average Bonchev–Trinajstić information content (AvgIpc) is 2.75. The van der Waals surface area contributed by atoms with Crippen molar-refractivity contribution in [3.05, 3.63) is 47.5 Å². The molecule has 0 bridgehead atoms. The second kappa shape index (κ2) is 11.1. The van der Waals surface area contributed by atoms with Crippen LogP contribution in [0, 0.1) is 6.92 Å². The Labute approximate surface area is 172 Å². The zero-order valence-corrected chi connectivity index (χ0v) is 17.5. The van der Waals surface area contributed by atoms with Crippen LogP contribution >= 0.6 is 0 Å². The minimum atomic E-state index is -0.199. The molecule has 1 N–H and O–H groups in total. The molecule has 0 aromatic heterocycles. The van der Waals surface area contributed by atoms with Crippen molar-refractivity contribution in [2.24, 2.45) is 0 Å². The number of carbonyl (C=O) groups is 2. The number of nitrogens with one attached hydrogen (secondary N) is 1. The smallest absolute Gasteiger partial charge is 0.305 e. The molecule has 0 radical (unpaired) electrons. The molecule has 0 aliphatic heterocycles. The van der Waals surface area contributed by atoms with Crippen LogP contribution in [0.25, 0.3) is 11.1 Å². The van der Waals surface area contributed by atoms with Gasteiger partial charge in [0.2, 0.25) is 0 Å². The fraction of sp³-hybridized carbons (Fsp3) is 0.391. The summed E-state index contributed by atoms with van der Waals surface area (Å²) in [6, 6.07) is 11.3. The summed E-state index contributed by atoms with van der Waals surface area (Å²) in [5.41, 5.74) is 3.37. The van der Waals surface area contributed by atoms with Crippen LogP contribution in [-0.2, 0) is 9.53 Å². The number of ether oxygens (including phenoxy) is 3. The van der Waals surface area contributed by atoms with Gasteiger partial charge in [-0.1, -0.05) is 18.6 Å². The zero-order valence-electron chi connectivity index (χ0n) is 17.5. The van der Waals surface area contributed by atoms with Crippen molar-refractivity contribution in [1.29, 1.82) is 0 Å². The van der Waals surface area contributed by atoms with Gasteiger partial charge in [-0.2, -0.15) is 0 Å². The Kier molecular flexibility index (Phi) is 8.52. The van der Waals surface area contributed by atoms with E-state index in [0.717, 1.165) is 36.0 Å². The first-order valence-corrected chi connectivity index (χ1v) is 9.68. The average molecular weight is 399 g/mol. The highest BCUT2D eigenvalue weighted by atomic mass is 16.5. The van der Waals surface area contributed by atoms with Crippen molar-refractivity contribution in [3.8, 4) is 22.6 Å². The minimum absolute atomic E-state index is 0.107. The number of hydrogen-bond donors (Lipinski definition) is 1. The summed E-state index contributed by atoms with van der Waals surface area (Å²) in [6.45, 7) is 2.50. The van der Waals surface area contributed by atoms with Crippen molar-refractivity contribution in [3.63, 3.8) is 0 Å². The van der Waals surface area contributed by atoms with Crippen molar-refractivity contribution in [1.82, 2.24) is 5.32 Å². The van der Waals surface area contributed by atoms with Crippen LogP contribution in [0.3, 0.4) is 0 Å². The summed E-state index contributed by atoms with van der Waals surface area (Å²) in [7, 11) is 4.62. The van der Waals surface area contributed by atoms with Gasteiger partial charge in [0, 0.05) is 30.2 Å². The highest BCUT2D eigenvalue weighted by molar-refractivity contribution is 5.97. The first kappa shape index (κ1) is 22.3. The molecule has 6 heteroatoms. The standard InChI is InChI=1S/C23H29NO5/c1-16-18(20-13-12-17(27-2)15-21(20)28-3)9-8-10-19(16)23(26)24-14-7-5-6-11-22(25)29-4/h8-10,12-13,15H,5-7,11,14H2,1-4H3,(H,24,26). The summed E-state index contributed by atoms with van der Waals surface area (Å²) >= 11 is 0. The van der Waals surface area contributed by atoms with E-state index in [9.17, 15) is 9.59 Å². The second-order valence-corrected chi connectivity index (χ2v) is 6.69. The van der Waals surface area contributed by atoms with E-state index in [0.29, 0.717) is 30.0 Å². The molecule has 0 atom stereocenters. The highest BCUT2D eigenvalue weighted by Gasteiger charge is 2.15. The molecule has 0 heterocycles. The molecule has 0 saturated carbocycles. The lowest BCUT2D eigenvalue weighted by molar-refractivity contribution is -0.140. The molecular weight excluding hydrogens is 370 g/mol. The van der Waals surface area contributed by atoms with Gasteiger partial charge in [-0.25, -0.2) is 0 Å². The molecular formula is C23H29NO5. The van der Waals surface area contributed by atoms with Crippen LogP contribution < -0.4 is 14.8 Å². The topological polar surface area (TPSA) is 73.9 Å². The minimum Gasteiger partial charge on any atom is -0.497 e. The molecule has 2 rings (SSSR count). The van der Waals surface area contributed by atoms with Crippen molar-refractivity contribution in [2.75, 3.05) is 27.9 Å². The van der Waals surface area contributed by atoms with E-state index in [2.05, 4.69) is 10.1 Å². The van der Waals surface area contributed by atoms with Crippen LogP contribution in [0.5, 0.6) is 11.5 Å². The van der Waals surface area contributed by atoms with E-state index in [1.54, 1.807) is 14.2 Å². The molecule has 0 unspecified atom stereocenters. The number of carbonyl (C=O) groups excluding carboxylic acids is 2. The van der Waals surface area contributed by atoms with E-state index in [1.165, 1.54) is 7.11 Å². The third kappa shape index (κ3) is 5.98. The van der Waals surface area contributed by atoms with E-state index in [1.807, 2.05) is 43.3 Å². The number of benzene rings is 2. The summed E-state index contributed by atoms with van der Waals surface area (Å²) in [5.74, 6) is 1.10. The third-order valence-electron chi connectivity index (χ3n) is 4.85. The van der Waals surface area contributed by atoms with E-state index < -0.39 is 0 Å². The van der Waals surface area contributed by atoms with Gasteiger partial charge in [-0.3, -0.25) is 9.59 Å². The normalized spacial score (nSPS) is 10.3. The summed E-state index contributed by atoms with van der Waals surface area (Å²) in [6.07, 6.45) is 2.84. The molecule has 1 amide bonds. The maximum absolute atomic E-state index is 12.7. The van der Waals surface area contributed by atoms with Crippen LogP contribution in [0.1, 0.15) is 41.6 Å². The molecule has 0 saturated heterocycles. The summed E-state index contributed by atoms with van der Waals surface area (Å²) < 4.78 is 15.4. The Bertz CT molecular complexity index is 847. The molecule has 6 nitrogen and oxygen atoms in total. The molecule has 2 aromatic rings. The molecule has 0 aliphatic rings. The van der Waals surface area contributed by atoms with Crippen LogP contribution in [-0.4, -0.2) is 39.8 Å². The molecule has 0 spiro atoms. The zero-order chi connectivity index (χ0) is 21.2. The second-order valence-electron chi connectivity index (χ2n) is 6.69. The lowest BCUT2D eigenvalue weighted by Gasteiger charge is -2.15. The molecule has 156 valence electrons. The first-order chi connectivity index (χ1) is 14.0. The Morgan fingerprint density at radius 1 is 0.931 bits per heavy atom. The largest absolute Gasteiger partial charge is 0.497 e. The number of hydrogen-bond acceptors (Lipinski definition) is 5. The number of unbranched alkanes of at least 4 members (excludes halogenated alkanes) is 2. The van der Waals surface area contributed by atoms with Crippen molar-refractivity contribution < 1.29 is 23.8 Å². The van der Waals surface area contributed by atoms with Crippen LogP contribution in [0.4, 0.5) is 0 Å². The predicted octanol–water partition coefficient (Wildman–Crippen LogP) is 4.14. The quantitative estimate of drug-likeness (QED) is 0.480. The van der Waals surface area contributed by atoms with Gasteiger partial charge in [-0.05, 0) is 49.1 Å². The maximum Gasteiger partial charge on any atom is 0.305 e. The van der Waals surface area contributed by atoms with Gasteiger partial charge in [0.15, 0.2) is 0 Å². The van der Waals surface area contributed by atoms with Gasteiger partial charge in [0.1, 0.15) is 11.5 Å². The lowest BCUT2D eigenvalue weighted by atomic mass is 9.95. The number of esters is 1. The first-order valence-electron chi connectivity index (χ1n) is 9.68. The van der Waals surface area contributed by atoms with Gasteiger partial charge in [0.25, 0.3) is 5.91 Å². The Morgan fingerprint density at radius 3 is 2.41 bits per heavy atom. The van der Waals surface area contributed by atoms with E-state index >= 15 is 0 Å². The molecule has 29 heavy (non-hydrogen) atoms. The fourth-order valence-electron chi connectivity index (χ4n) is 3.16. The highest BCUT2D eigenvalue weighted by Crippen LogP contribution is 2.35. The molecule has 2 aromatic carbocycles. The van der Waals surface area contributed by atoms with E-state index in [4.69, 9.17) is 9.47 Å². The number of rotatable bonds is 10. The Balaban J connectivity index is 2.05. The molecule has 0 fully saturated rings. The number of amides is 1. The summed E-state index contributed by atoms with van der Waals surface area (Å²) in [4.78, 5) is 23.8. The molecule has 0 aliphatic carbocycles. The van der Waals surface area contributed by atoms with Gasteiger partial charge in [-0.15, -0.1) is 0 Å². The van der Waals surface area contributed by atoms with Gasteiger partial charge < -0.3 is 19.5 Å². The monoisotopic (exact) mass is 399 g/mol. The lowest BCUT2D eigenvalue weighted by Crippen LogP contribution is -2.25. The SMILES string of the molecule is COC(=O)CCCCCNC(=O)c1cccc(-c2ccc(OC)cc2OC)c1C. The van der Waals surface area contributed by atoms with E-state index in [-0.39, 0.29) is 11.9 Å². The predicted molar refractivity (Wildman–Crippen MR) is 113 cm³/mol. The van der Waals surface area contributed by atoms with Gasteiger partial charge >= 0.3 is 5.97 Å².